The lowest BCUT2D eigenvalue weighted by atomic mass is 10.1. The van der Waals surface area contributed by atoms with Crippen molar-refractivity contribution in [2.75, 3.05) is 12.4 Å². The molecule has 1 aliphatic carbocycles. The van der Waals surface area contributed by atoms with Crippen LogP contribution in [0.1, 0.15) is 36.5 Å². The van der Waals surface area contributed by atoms with E-state index in [2.05, 4.69) is 10.3 Å². The number of hydrogen-bond acceptors (Lipinski definition) is 6. The molecule has 0 radical (unpaired) electrons. The summed E-state index contributed by atoms with van der Waals surface area (Å²) < 4.78 is 5.17. The number of thioether (sulfide) groups is 1. The molecule has 2 fully saturated rings. The number of hydrogen-bond donors (Lipinski definition) is 1. The van der Waals surface area contributed by atoms with Crippen LogP contribution in [0.2, 0.25) is 0 Å². The van der Waals surface area contributed by atoms with Crippen LogP contribution in [0.5, 0.6) is 5.75 Å². The Bertz CT molecular complexity index is 1030. The molecule has 0 bridgehead atoms. The number of rotatable bonds is 7. The Hall–Kier alpha value is -3.13. The van der Waals surface area contributed by atoms with Gasteiger partial charge in [-0.25, -0.2) is 4.99 Å². The molecule has 2 amide bonds. The van der Waals surface area contributed by atoms with Crippen LogP contribution in [-0.4, -0.2) is 46.1 Å². The number of ketones is 1. The van der Waals surface area contributed by atoms with Crippen molar-refractivity contribution >= 4 is 45.9 Å². The first-order chi connectivity index (χ1) is 14.9. The topological polar surface area (TPSA) is 88.1 Å². The number of carbonyl (C=O) groups is 3. The largest absolute Gasteiger partial charge is 0.497 e. The van der Waals surface area contributed by atoms with Crippen LogP contribution in [0, 0.1) is 0 Å². The molecule has 1 saturated heterocycles. The fraction of sp³-hybridized carbons (Fsp3) is 0.304. The molecule has 2 aromatic rings. The normalized spacial score (nSPS) is 19.5. The summed E-state index contributed by atoms with van der Waals surface area (Å²) in [6.45, 7) is 1.49. The van der Waals surface area contributed by atoms with E-state index in [4.69, 9.17) is 4.74 Å². The number of aliphatic imine (C=N–C) groups is 1. The Morgan fingerprint density at radius 1 is 1.13 bits per heavy atom. The van der Waals surface area contributed by atoms with Gasteiger partial charge in [-0.15, -0.1) is 0 Å². The summed E-state index contributed by atoms with van der Waals surface area (Å²) in [6.07, 6.45) is 1.97. The second-order valence-corrected chi connectivity index (χ2v) is 8.69. The second kappa shape index (κ2) is 8.93. The van der Waals surface area contributed by atoms with E-state index in [9.17, 15) is 14.4 Å². The summed E-state index contributed by atoms with van der Waals surface area (Å²) in [7, 11) is 1.61. The highest BCUT2D eigenvalue weighted by atomic mass is 32.2. The van der Waals surface area contributed by atoms with Gasteiger partial charge in [0.2, 0.25) is 11.8 Å². The van der Waals surface area contributed by atoms with E-state index in [1.54, 1.807) is 36.3 Å². The number of nitrogens with zero attached hydrogens (tertiary/aromatic N) is 2. The second-order valence-electron chi connectivity index (χ2n) is 7.52. The number of anilines is 1. The first-order valence-electron chi connectivity index (χ1n) is 10.1. The third kappa shape index (κ3) is 4.96. The Kier molecular flexibility index (Phi) is 6.08. The van der Waals surface area contributed by atoms with Gasteiger partial charge in [-0.05, 0) is 68.3 Å². The number of amides is 2. The lowest BCUT2D eigenvalue weighted by Gasteiger charge is -2.15. The molecule has 2 aromatic carbocycles. The summed E-state index contributed by atoms with van der Waals surface area (Å²) in [5, 5.41) is 2.94. The maximum atomic E-state index is 13.0. The molecule has 1 atom stereocenters. The van der Waals surface area contributed by atoms with Crippen molar-refractivity contribution in [1.29, 1.82) is 0 Å². The molecule has 4 rings (SSSR count). The lowest BCUT2D eigenvalue weighted by Crippen LogP contribution is -2.35. The number of amidine groups is 1. The van der Waals surface area contributed by atoms with Crippen LogP contribution in [0.4, 0.5) is 11.4 Å². The average molecular weight is 438 g/mol. The van der Waals surface area contributed by atoms with Gasteiger partial charge in [-0.1, -0.05) is 11.8 Å². The van der Waals surface area contributed by atoms with Crippen LogP contribution >= 0.6 is 11.8 Å². The Balaban J connectivity index is 1.44. The molecule has 160 valence electrons. The maximum Gasteiger partial charge on any atom is 0.242 e. The number of methoxy groups -OCH3 is 1. The van der Waals surface area contributed by atoms with Crippen LogP contribution in [0.3, 0.4) is 0 Å². The first kappa shape index (κ1) is 21.1. The third-order valence-corrected chi connectivity index (χ3v) is 6.27. The molecule has 2 aliphatic rings. The van der Waals surface area contributed by atoms with Crippen LogP contribution in [0.25, 0.3) is 0 Å². The maximum absolute atomic E-state index is 13.0. The number of nitrogens with one attached hydrogen (secondary N) is 1. The predicted octanol–water partition coefficient (Wildman–Crippen LogP) is 4.02. The van der Waals surface area contributed by atoms with E-state index in [1.807, 2.05) is 24.3 Å². The SMILES string of the molecule is COc1ccc(N=C2S[C@H](CC(=O)Nc3ccc(C(C)=O)cc3)C(=O)N2C2CC2)cc1. The molecule has 1 N–H and O–H groups in total. The van der Waals surface area contributed by atoms with Gasteiger partial charge in [-0.2, -0.15) is 0 Å². The quantitative estimate of drug-likeness (QED) is 0.661. The van der Waals surface area contributed by atoms with Gasteiger partial charge in [0, 0.05) is 23.7 Å². The summed E-state index contributed by atoms with van der Waals surface area (Å²) >= 11 is 1.33. The monoisotopic (exact) mass is 437 g/mol. The van der Waals surface area contributed by atoms with Crippen LogP contribution in [-0.2, 0) is 9.59 Å². The zero-order valence-electron chi connectivity index (χ0n) is 17.3. The predicted molar refractivity (Wildman–Crippen MR) is 121 cm³/mol. The summed E-state index contributed by atoms with van der Waals surface area (Å²) in [4.78, 5) is 43.3. The Morgan fingerprint density at radius 2 is 1.81 bits per heavy atom. The van der Waals surface area contributed by atoms with Gasteiger partial charge in [0.15, 0.2) is 11.0 Å². The average Bonchev–Trinajstić information content (AvgIpc) is 3.54. The van der Waals surface area contributed by atoms with Crippen LogP contribution in [0.15, 0.2) is 53.5 Å². The smallest absolute Gasteiger partial charge is 0.242 e. The highest BCUT2D eigenvalue weighted by molar-refractivity contribution is 8.15. The summed E-state index contributed by atoms with van der Waals surface area (Å²) in [5.41, 5.74) is 1.91. The molecule has 31 heavy (non-hydrogen) atoms. The minimum absolute atomic E-state index is 0.0327. The molecule has 8 heteroatoms. The van der Waals surface area contributed by atoms with E-state index >= 15 is 0 Å². The highest BCUT2D eigenvalue weighted by Gasteiger charge is 2.46. The van der Waals surface area contributed by atoms with Crippen molar-refractivity contribution in [2.45, 2.75) is 37.5 Å². The lowest BCUT2D eigenvalue weighted by molar-refractivity contribution is -0.128. The van der Waals surface area contributed by atoms with Crippen molar-refractivity contribution in [1.82, 2.24) is 4.90 Å². The van der Waals surface area contributed by atoms with Crippen molar-refractivity contribution < 1.29 is 19.1 Å². The van der Waals surface area contributed by atoms with Crippen molar-refractivity contribution in [2.24, 2.45) is 4.99 Å². The Morgan fingerprint density at radius 3 is 2.39 bits per heavy atom. The molecule has 0 spiro atoms. The molecule has 1 heterocycles. The molecular weight excluding hydrogens is 414 g/mol. The van der Waals surface area contributed by atoms with Gasteiger partial charge >= 0.3 is 0 Å². The fourth-order valence-electron chi connectivity index (χ4n) is 3.30. The van der Waals surface area contributed by atoms with Crippen molar-refractivity contribution in [3.8, 4) is 5.75 Å². The van der Waals surface area contributed by atoms with Gasteiger partial charge < -0.3 is 10.1 Å². The fourth-order valence-corrected chi connectivity index (χ4v) is 4.51. The molecule has 0 aromatic heterocycles. The van der Waals surface area contributed by atoms with Gasteiger partial charge in [0.1, 0.15) is 11.0 Å². The molecule has 1 aliphatic heterocycles. The number of Topliss-reactive ketones (excluding diaryl/α,β-unsaturated/α-hetero) is 1. The zero-order valence-corrected chi connectivity index (χ0v) is 18.1. The van der Waals surface area contributed by atoms with Crippen molar-refractivity contribution in [3.05, 3.63) is 54.1 Å². The highest BCUT2D eigenvalue weighted by Crippen LogP contribution is 2.39. The number of benzene rings is 2. The van der Waals surface area contributed by atoms with E-state index in [1.165, 1.54) is 18.7 Å². The van der Waals surface area contributed by atoms with E-state index in [0.29, 0.717) is 16.4 Å². The molecule has 0 unspecified atom stereocenters. The van der Waals surface area contributed by atoms with Gasteiger partial charge in [-0.3, -0.25) is 19.3 Å². The minimum atomic E-state index is -0.505. The summed E-state index contributed by atoms with van der Waals surface area (Å²) in [6, 6.07) is 14.2. The molecular formula is C23H23N3O4S. The number of ether oxygens (including phenoxy) is 1. The van der Waals surface area contributed by atoms with E-state index < -0.39 is 5.25 Å². The van der Waals surface area contributed by atoms with Crippen LogP contribution < -0.4 is 10.1 Å². The first-order valence-corrected chi connectivity index (χ1v) is 11.0. The minimum Gasteiger partial charge on any atom is -0.497 e. The van der Waals surface area contributed by atoms with Crippen molar-refractivity contribution in [3.63, 3.8) is 0 Å². The van der Waals surface area contributed by atoms with Gasteiger partial charge in [0.05, 0.1) is 12.8 Å². The zero-order chi connectivity index (χ0) is 22.0. The number of carbonyl (C=O) groups excluding carboxylic acids is 3. The Labute approximate surface area is 184 Å². The van der Waals surface area contributed by atoms with E-state index in [-0.39, 0.29) is 30.1 Å². The third-order valence-electron chi connectivity index (χ3n) is 5.12. The molecule has 7 nitrogen and oxygen atoms in total. The van der Waals surface area contributed by atoms with Gasteiger partial charge in [0.25, 0.3) is 0 Å². The molecule has 1 saturated carbocycles. The summed E-state index contributed by atoms with van der Waals surface area (Å²) in [5.74, 6) is 0.392. The standard InChI is InChI=1S/C23H23N3O4S/c1-14(27)15-3-5-16(6-4-15)24-21(28)13-20-22(29)26(18-9-10-18)23(31-20)25-17-7-11-19(30-2)12-8-17/h3-8,11-12,18,20H,9-10,13H2,1-2H3,(H,24,28)/t20-/m1/s1. The van der Waals surface area contributed by atoms with E-state index in [0.717, 1.165) is 24.3 Å².